The molecule has 15 heavy (non-hydrogen) atoms. The van der Waals surface area contributed by atoms with Crippen molar-refractivity contribution in [2.24, 2.45) is 7.05 Å². The van der Waals surface area contributed by atoms with Gasteiger partial charge in [-0.25, -0.2) is 9.36 Å². The molecule has 2 rings (SSSR count). The molecule has 1 aromatic heterocycles. The number of pyridine rings is 1. The average molecular weight is 206 g/mol. The fourth-order valence-electron chi connectivity index (χ4n) is 1.61. The van der Waals surface area contributed by atoms with E-state index in [1.54, 1.807) is 0 Å². The topological polar surface area (TPSA) is 62.1 Å². The van der Waals surface area contributed by atoms with Crippen molar-refractivity contribution < 1.29 is 14.2 Å². The Kier molecular flexibility index (Phi) is 2.37. The van der Waals surface area contributed by atoms with Crippen molar-refractivity contribution in [2.75, 3.05) is 0 Å². The first-order valence-corrected chi connectivity index (χ1v) is 4.71. The zero-order valence-corrected chi connectivity index (χ0v) is 8.36. The van der Waals surface area contributed by atoms with Crippen molar-refractivity contribution in [1.29, 1.82) is 0 Å². The first-order valence-electron chi connectivity index (χ1n) is 4.71. The van der Waals surface area contributed by atoms with Gasteiger partial charge in [-0.3, -0.25) is 10.1 Å². The maximum absolute atomic E-state index is 11.3. The van der Waals surface area contributed by atoms with Crippen molar-refractivity contribution in [1.82, 2.24) is 10.6 Å². The molecule has 1 atom stereocenters. The maximum Gasteiger partial charge on any atom is 0.322 e. The van der Waals surface area contributed by atoms with Crippen molar-refractivity contribution >= 4 is 11.9 Å². The predicted molar refractivity (Wildman–Crippen MR) is 51.8 cm³/mol. The lowest BCUT2D eigenvalue weighted by molar-refractivity contribution is -0.671. The number of rotatable bonds is 2. The Bertz CT molecular complexity index is 417. The Balaban J connectivity index is 2.09. The molecule has 0 spiro atoms. The van der Waals surface area contributed by atoms with E-state index in [4.69, 9.17) is 0 Å². The van der Waals surface area contributed by atoms with E-state index in [-0.39, 0.29) is 5.91 Å². The highest BCUT2D eigenvalue weighted by Gasteiger charge is 2.29. The number of amides is 3. The van der Waals surface area contributed by atoms with Crippen LogP contribution in [0.4, 0.5) is 4.79 Å². The van der Waals surface area contributed by atoms with Crippen molar-refractivity contribution in [3.05, 3.63) is 30.1 Å². The molecule has 0 bridgehead atoms. The molecular weight excluding hydrogens is 194 g/mol. The fraction of sp³-hybridized carbons (Fsp3) is 0.300. The number of nitrogens with zero attached hydrogens (tertiary/aromatic N) is 1. The highest BCUT2D eigenvalue weighted by molar-refractivity contribution is 6.04. The number of aromatic nitrogens is 1. The summed E-state index contributed by atoms with van der Waals surface area (Å²) in [5, 5.41) is 4.77. The molecule has 3 amide bonds. The van der Waals surface area contributed by atoms with Crippen LogP contribution in [0, 0.1) is 0 Å². The zero-order valence-electron chi connectivity index (χ0n) is 8.36. The van der Waals surface area contributed by atoms with Gasteiger partial charge in [-0.05, 0) is 6.07 Å². The summed E-state index contributed by atoms with van der Waals surface area (Å²) in [6.45, 7) is 0. The smallest absolute Gasteiger partial charge is 0.322 e. The largest absolute Gasteiger partial charge is 0.326 e. The molecule has 1 fully saturated rings. The standard InChI is InChI=1S/C10H11N3O2/c1-13-4-2-3-7(6-13)5-8-9(14)12-10(15)11-8/h2-4,6,8H,5H2,1H3,(H-,11,12,14,15)/p+1. The number of hydrogen-bond acceptors (Lipinski definition) is 2. The average Bonchev–Trinajstić information content (AvgIpc) is 2.45. The van der Waals surface area contributed by atoms with E-state index in [2.05, 4.69) is 10.6 Å². The van der Waals surface area contributed by atoms with E-state index in [0.29, 0.717) is 6.42 Å². The molecule has 1 aromatic rings. The summed E-state index contributed by atoms with van der Waals surface area (Å²) in [6, 6.07) is 2.98. The van der Waals surface area contributed by atoms with Crippen LogP contribution in [0.2, 0.25) is 0 Å². The SMILES string of the molecule is C[n+]1cccc(CC2NC(=O)NC2=O)c1. The molecule has 0 aromatic carbocycles. The molecule has 2 N–H and O–H groups in total. The lowest BCUT2D eigenvalue weighted by Gasteiger charge is -2.05. The van der Waals surface area contributed by atoms with E-state index in [0.717, 1.165) is 5.56 Å². The van der Waals surface area contributed by atoms with E-state index >= 15 is 0 Å². The van der Waals surface area contributed by atoms with Gasteiger partial charge in [-0.1, -0.05) is 0 Å². The Hall–Kier alpha value is -1.91. The van der Waals surface area contributed by atoms with Gasteiger partial charge in [-0.15, -0.1) is 0 Å². The highest BCUT2D eigenvalue weighted by Crippen LogP contribution is 2.03. The third kappa shape index (κ3) is 2.12. The number of aryl methyl sites for hydroxylation is 1. The number of carbonyl (C=O) groups is 2. The third-order valence-electron chi connectivity index (χ3n) is 2.30. The van der Waals surface area contributed by atoms with Crippen LogP contribution >= 0.6 is 0 Å². The van der Waals surface area contributed by atoms with E-state index in [1.807, 2.05) is 36.1 Å². The summed E-state index contributed by atoms with van der Waals surface area (Å²) in [6.07, 6.45) is 4.36. The monoisotopic (exact) mass is 206 g/mol. The zero-order chi connectivity index (χ0) is 10.8. The molecule has 5 heteroatoms. The summed E-state index contributed by atoms with van der Waals surface area (Å²) in [4.78, 5) is 22.1. The van der Waals surface area contributed by atoms with Gasteiger partial charge in [0.1, 0.15) is 13.1 Å². The minimum Gasteiger partial charge on any atom is -0.326 e. The highest BCUT2D eigenvalue weighted by atomic mass is 16.2. The van der Waals surface area contributed by atoms with E-state index in [9.17, 15) is 9.59 Å². The number of hydrogen-bond donors (Lipinski definition) is 2. The van der Waals surface area contributed by atoms with Crippen LogP contribution in [0.25, 0.3) is 0 Å². The van der Waals surface area contributed by atoms with Crippen LogP contribution in [-0.4, -0.2) is 18.0 Å². The number of carbonyl (C=O) groups excluding carboxylic acids is 2. The van der Waals surface area contributed by atoms with Crippen molar-refractivity contribution in [2.45, 2.75) is 12.5 Å². The fourth-order valence-corrected chi connectivity index (χ4v) is 1.61. The molecule has 78 valence electrons. The quantitative estimate of drug-likeness (QED) is 0.494. The lowest BCUT2D eigenvalue weighted by Crippen LogP contribution is -2.33. The molecule has 2 heterocycles. The molecule has 5 nitrogen and oxygen atoms in total. The second-order valence-electron chi connectivity index (χ2n) is 3.60. The van der Waals surface area contributed by atoms with Gasteiger partial charge in [0, 0.05) is 18.1 Å². The van der Waals surface area contributed by atoms with Gasteiger partial charge in [0.15, 0.2) is 12.4 Å². The van der Waals surface area contributed by atoms with Crippen LogP contribution in [0.1, 0.15) is 5.56 Å². The van der Waals surface area contributed by atoms with Crippen LogP contribution in [-0.2, 0) is 18.3 Å². The van der Waals surface area contributed by atoms with Crippen LogP contribution in [0.3, 0.4) is 0 Å². The normalized spacial score (nSPS) is 19.9. The summed E-state index contributed by atoms with van der Waals surface area (Å²) in [7, 11) is 1.91. The minimum atomic E-state index is -0.445. The maximum atomic E-state index is 11.3. The molecule has 1 aliphatic rings. The van der Waals surface area contributed by atoms with Gasteiger partial charge >= 0.3 is 6.03 Å². The second-order valence-corrected chi connectivity index (χ2v) is 3.60. The summed E-state index contributed by atoms with van der Waals surface area (Å²) in [5.41, 5.74) is 1.02. The summed E-state index contributed by atoms with van der Waals surface area (Å²) < 4.78 is 1.91. The van der Waals surface area contributed by atoms with Gasteiger partial charge in [-0.2, -0.15) is 0 Å². The summed E-state index contributed by atoms with van der Waals surface area (Å²) in [5.74, 6) is -0.258. The molecule has 1 saturated heterocycles. The van der Waals surface area contributed by atoms with E-state index in [1.165, 1.54) is 0 Å². The Labute approximate surface area is 87.1 Å². The van der Waals surface area contributed by atoms with E-state index < -0.39 is 12.1 Å². The molecule has 1 unspecified atom stereocenters. The molecule has 0 aliphatic carbocycles. The number of urea groups is 1. The third-order valence-corrected chi connectivity index (χ3v) is 2.30. The molecule has 1 aliphatic heterocycles. The van der Waals surface area contributed by atoms with Crippen LogP contribution < -0.4 is 15.2 Å². The van der Waals surface area contributed by atoms with Gasteiger partial charge in [0.2, 0.25) is 0 Å². The van der Waals surface area contributed by atoms with Gasteiger partial charge in [0.25, 0.3) is 5.91 Å². The predicted octanol–water partition coefficient (Wildman–Crippen LogP) is -0.738. The molecular formula is C10H12N3O2+. The Morgan fingerprint density at radius 1 is 1.47 bits per heavy atom. The lowest BCUT2D eigenvalue weighted by atomic mass is 10.1. The second kappa shape index (κ2) is 3.68. The van der Waals surface area contributed by atoms with Crippen molar-refractivity contribution in [3.8, 4) is 0 Å². The number of nitrogens with one attached hydrogen (secondary N) is 2. The first-order chi connectivity index (χ1) is 7.15. The van der Waals surface area contributed by atoms with Crippen LogP contribution in [0.15, 0.2) is 24.5 Å². The molecule has 0 saturated carbocycles. The van der Waals surface area contributed by atoms with Crippen LogP contribution in [0.5, 0.6) is 0 Å². The summed E-state index contributed by atoms with van der Waals surface area (Å²) >= 11 is 0. The van der Waals surface area contributed by atoms with Crippen molar-refractivity contribution in [3.63, 3.8) is 0 Å². The minimum absolute atomic E-state index is 0.258. The molecule has 0 radical (unpaired) electrons. The van der Waals surface area contributed by atoms with Gasteiger partial charge in [0.05, 0.1) is 0 Å². The Morgan fingerprint density at radius 3 is 2.87 bits per heavy atom. The Morgan fingerprint density at radius 2 is 2.27 bits per heavy atom. The van der Waals surface area contributed by atoms with Gasteiger partial charge < -0.3 is 5.32 Å². The number of imide groups is 1. The first kappa shape index (κ1) is 9.64.